The summed E-state index contributed by atoms with van der Waals surface area (Å²) in [5.41, 5.74) is 3.09. The Labute approximate surface area is 204 Å². The molecule has 6 nitrogen and oxygen atoms in total. The quantitative estimate of drug-likeness (QED) is 0.185. The van der Waals surface area contributed by atoms with Gasteiger partial charge in [-0.2, -0.15) is 5.26 Å². The lowest BCUT2D eigenvalue weighted by Gasteiger charge is -2.11. The molecule has 0 bridgehead atoms. The first-order valence-corrected chi connectivity index (χ1v) is 11.3. The predicted molar refractivity (Wildman–Crippen MR) is 131 cm³/mol. The van der Waals surface area contributed by atoms with Gasteiger partial charge in [0.2, 0.25) is 5.88 Å². The number of halogens is 1. The summed E-state index contributed by atoms with van der Waals surface area (Å²) in [7, 11) is 0. The number of rotatable bonds is 10. The molecule has 174 valence electrons. The van der Waals surface area contributed by atoms with Gasteiger partial charge in [-0.3, -0.25) is 0 Å². The van der Waals surface area contributed by atoms with E-state index in [0.717, 1.165) is 24.0 Å². The van der Waals surface area contributed by atoms with Crippen molar-refractivity contribution >= 4 is 23.6 Å². The van der Waals surface area contributed by atoms with Gasteiger partial charge in [-0.15, -0.1) is 0 Å². The summed E-state index contributed by atoms with van der Waals surface area (Å²) in [5.74, 6) is 1.16. The molecule has 1 aromatic heterocycles. The third-order valence-electron chi connectivity index (χ3n) is 4.85. The topological polar surface area (TPSA) is 81.4 Å². The molecule has 0 saturated heterocycles. The maximum atomic E-state index is 11.8. The molecular weight excluding hydrogens is 452 g/mol. The van der Waals surface area contributed by atoms with Crippen LogP contribution in [0.15, 0.2) is 60.8 Å². The molecule has 1 heterocycles. The van der Waals surface area contributed by atoms with Crippen LogP contribution < -0.4 is 9.47 Å². The normalized spacial score (nSPS) is 10.6. The number of hydrogen-bond donors (Lipinski definition) is 0. The Hall–Kier alpha value is -3.82. The second kappa shape index (κ2) is 12.4. The molecule has 0 aliphatic rings. The van der Waals surface area contributed by atoms with Crippen molar-refractivity contribution in [1.29, 1.82) is 5.26 Å². The highest BCUT2D eigenvalue weighted by Gasteiger charge is 2.09. The van der Waals surface area contributed by atoms with E-state index >= 15 is 0 Å². The number of aryl methyl sites for hydroxylation is 1. The number of pyridine rings is 1. The third-order valence-corrected chi connectivity index (χ3v) is 5.18. The lowest BCUT2D eigenvalue weighted by atomic mass is 10.1. The molecular formula is C27H25ClN2O4. The Morgan fingerprint density at radius 2 is 1.97 bits per heavy atom. The van der Waals surface area contributed by atoms with Gasteiger partial charge in [0.05, 0.1) is 29.5 Å². The molecule has 0 unspecified atom stereocenters. The number of carbonyl (C=O) groups excluding carboxylic acids is 1. The molecule has 0 fully saturated rings. The van der Waals surface area contributed by atoms with Gasteiger partial charge >= 0.3 is 5.97 Å². The van der Waals surface area contributed by atoms with Gasteiger partial charge in [0.15, 0.2) is 0 Å². The Morgan fingerprint density at radius 1 is 1.18 bits per heavy atom. The van der Waals surface area contributed by atoms with Crippen LogP contribution in [0.4, 0.5) is 0 Å². The Morgan fingerprint density at radius 3 is 2.65 bits per heavy atom. The first-order valence-electron chi connectivity index (χ1n) is 10.9. The molecule has 34 heavy (non-hydrogen) atoms. The van der Waals surface area contributed by atoms with Crippen LogP contribution in [0.5, 0.6) is 17.4 Å². The molecule has 0 amide bonds. The van der Waals surface area contributed by atoms with Crippen LogP contribution in [0.3, 0.4) is 0 Å². The Kier molecular flexibility index (Phi) is 9.07. The van der Waals surface area contributed by atoms with Crippen LogP contribution in [0.25, 0.3) is 6.08 Å². The standard InChI is InChI=1S/C27H25ClN2O4/c1-3-4-13-32-27(31)12-9-22-14-19(2)25(15-24(22)28)34-26-11-10-23(17-30-26)33-18-21-7-5-20(16-29)6-8-21/h5-12,14-15,17H,3-4,13,18H2,1-2H3. The highest BCUT2D eigenvalue weighted by Crippen LogP contribution is 2.31. The predicted octanol–water partition coefficient (Wildman–Crippen LogP) is 6.64. The van der Waals surface area contributed by atoms with Crippen molar-refractivity contribution in [2.45, 2.75) is 33.3 Å². The highest BCUT2D eigenvalue weighted by molar-refractivity contribution is 6.32. The van der Waals surface area contributed by atoms with Crippen LogP contribution in [0, 0.1) is 18.3 Å². The van der Waals surface area contributed by atoms with E-state index in [1.807, 2.05) is 32.0 Å². The smallest absolute Gasteiger partial charge is 0.330 e. The van der Waals surface area contributed by atoms with Crippen molar-refractivity contribution in [3.63, 3.8) is 0 Å². The second-order valence-corrected chi connectivity index (χ2v) is 7.93. The number of aromatic nitrogens is 1. The number of ether oxygens (including phenoxy) is 3. The molecule has 0 radical (unpaired) electrons. The van der Waals surface area contributed by atoms with E-state index in [-0.39, 0.29) is 0 Å². The van der Waals surface area contributed by atoms with E-state index in [1.165, 1.54) is 6.08 Å². The van der Waals surface area contributed by atoms with Gasteiger partial charge in [-0.05, 0) is 60.4 Å². The molecule has 0 N–H and O–H groups in total. The maximum absolute atomic E-state index is 11.8. The Balaban J connectivity index is 1.58. The van der Waals surface area contributed by atoms with Crippen molar-refractivity contribution in [2.24, 2.45) is 0 Å². The highest BCUT2D eigenvalue weighted by atomic mass is 35.5. The molecule has 0 aliphatic heterocycles. The fourth-order valence-electron chi connectivity index (χ4n) is 2.91. The minimum atomic E-state index is -0.395. The molecule has 0 saturated carbocycles. The van der Waals surface area contributed by atoms with Crippen molar-refractivity contribution in [3.05, 3.63) is 88.1 Å². The molecule has 3 aromatic rings. The van der Waals surface area contributed by atoms with Crippen LogP contribution in [0.1, 0.15) is 42.0 Å². The summed E-state index contributed by atoms with van der Waals surface area (Å²) in [5, 5.41) is 9.31. The van der Waals surface area contributed by atoms with Gasteiger partial charge < -0.3 is 14.2 Å². The van der Waals surface area contributed by atoms with Crippen molar-refractivity contribution < 1.29 is 19.0 Å². The van der Waals surface area contributed by atoms with Crippen LogP contribution in [-0.2, 0) is 16.1 Å². The summed E-state index contributed by atoms with van der Waals surface area (Å²) in [4.78, 5) is 16.1. The molecule has 3 rings (SSSR count). The zero-order chi connectivity index (χ0) is 24.3. The minimum absolute atomic E-state index is 0.365. The number of benzene rings is 2. The zero-order valence-electron chi connectivity index (χ0n) is 19.1. The zero-order valence-corrected chi connectivity index (χ0v) is 19.8. The van der Waals surface area contributed by atoms with Gasteiger partial charge in [0, 0.05) is 18.2 Å². The number of carbonyl (C=O) groups is 1. The summed E-state index contributed by atoms with van der Waals surface area (Å²) in [6.07, 6.45) is 6.38. The lowest BCUT2D eigenvalue weighted by molar-refractivity contribution is -0.137. The average Bonchev–Trinajstić information content (AvgIpc) is 2.85. The van der Waals surface area contributed by atoms with Crippen LogP contribution in [0.2, 0.25) is 5.02 Å². The van der Waals surface area contributed by atoms with Crippen LogP contribution >= 0.6 is 11.6 Å². The number of nitriles is 1. The van der Waals surface area contributed by atoms with Crippen LogP contribution in [-0.4, -0.2) is 17.6 Å². The summed E-state index contributed by atoms with van der Waals surface area (Å²) < 4.78 is 16.7. The Bertz CT molecular complexity index is 1180. The van der Waals surface area contributed by atoms with Crippen molar-refractivity contribution in [1.82, 2.24) is 4.98 Å². The first-order chi connectivity index (χ1) is 16.5. The van der Waals surface area contributed by atoms with Gasteiger partial charge in [-0.1, -0.05) is 37.1 Å². The van der Waals surface area contributed by atoms with E-state index in [1.54, 1.807) is 42.6 Å². The van der Waals surface area contributed by atoms with E-state index < -0.39 is 5.97 Å². The molecule has 0 atom stereocenters. The third kappa shape index (κ3) is 7.36. The number of hydrogen-bond acceptors (Lipinski definition) is 6. The lowest BCUT2D eigenvalue weighted by Crippen LogP contribution is -2.01. The van der Waals surface area contributed by atoms with E-state index in [2.05, 4.69) is 11.1 Å². The number of nitrogens with zero attached hydrogens (tertiary/aromatic N) is 2. The van der Waals surface area contributed by atoms with E-state index in [9.17, 15) is 4.79 Å². The first kappa shape index (κ1) is 24.8. The van der Waals surface area contributed by atoms with Crippen molar-refractivity contribution in [2.75, 3.05) is 6.61 Å². The van der Waals surface area contributed by atoms with Gasteiger partial charge in [-0.25, -0.2) is 9.78 Å². The largest absolute Gasteiger partial charge is 0.487 e. The summed E-state index contributed by atoms with van der Waals surface area (Å²) in [6.45, 7) is 4.69. The molecule has 0 aliphatic carbocycles. The number of unbranched alkanes of at least 4 members (excludes halogenated alkanes) is 1. The minimum Gasteiger partial charge on any atom is -0.487 e. The number of esters is 1. The van der Waals surface area contributed by atoms with E-state index in [4.69, 9.17) is 31.1 Å². The second-order valence-electron chi connectivity index (χ2n) is 7.53. The maximum Gasteiger partial charge on any atom is 0.330 e. The van der Waals surface area contributed by atoms with E-state index in [0.29, 0.717) is 46.7 Å². The molecule has 7 heteroatoms. The fourth-order valence-corrected chi connectivity index (χ4v) is 3.13. The fraction of sp³-hybridized carbons (Fsp3) is 0.222. The van der Waals surface area contributed by atoms with Gasteiger partial charge in [0.1, 0.15) is 18.1 Å². The van der Waals surface area contributed by atoms with Gasteiger partial charge in [0.25, 0.3) is 0 Å². The summed E-state index contributed by atoms with van der Waals surface area (Å²) >= 11 is 6.38. The molecule has 0 spiro atoms. The van der Waals surface area contributed by atoms with Crippen molar-refractivity contribution in [3.8, 4) is 23.4 Å². The molecule has 2 aromatic carbocycles. The monoisotopic (exact) mass is 476 g/mol. The SMILES string of the molecule is CCCCOC(=O)C=Cc1cc(C)c(Oc2ccc(OCc3ccc(C#N)cc3)cn2)cc1Cl. The summed E-state index contributed by atoms with van der Waals surface area (Å²) in [6, 6.07) is 16.3. The average molecular weight is 477 g/mol.